The second kappa shape index (κ2) is 6.79. The Balaban J connectivity index is 2.06. The summed E-state index contributed by atoms with van der Waals surface area (Å²) in [6, 6.07) is 28.0. The minimum atomic E-state index is 1.19. The van der Waals surface area contributed by atoms with Gasteiger partial charge in [0.25, 0.3) is 0 Å². The van der Waals surface area contributed by atoms with Crippen LogP contribution >= 0.6 is 11.8 Å². The quantitative estimate of drug-likeness (QED) is 0.578. The highest BCUT2D eigenvalue weighted by Gasteiger charge is 2.29. The second-order valence-electron chi connectivity index (χ2n) is 5.94. The van der Waals surface area contributed by atoms with Crippen LogP contribution in [0.4, 0.5) is 17.1 Å². The first kappa shape index (κ1) is 16.0. The monoisotopic (exact) mass is 345 g/mol. The minimum absolute atomic E-state index is 1.19. The predicted molar refractivity (Wildman–Crippen MR) is 109 cm³/mol. The number of fused-ring (bicyclic) bond motifs is 2. The Morgan fingerprint density at radius 1 is 0.760 bits per heavy atom. The number of thioether (sulfide) groups is 1. The molecule has 3 aromatic carbocycles. The zero-order chi connectivity index (χ0) is 17.2. The lowest BCUT2D eigenvalue weighted by atomic mass is 9.90. The highest BCUT2D eigenvalue weighted by atomic mass is 32.2. The highest BCUT2D eigenvalue weighted by molar-refractivity contribution is 8.02. The third-order valence-electron chi connectivity index (χ3n) is 4.57. The number of para-hydroxylation sites is 3. The van der Waals surface area contributed by atoms with E-state index in [2.05, 4.69) is 102 Å². The fraction of sp³-hybridized carbons (Fsp3) is 0.0909. The van der Waals surface area contributed by atoms with Gasteiger partial charge in [0.15, 0.2) is 5.03 Å². The van der Waals surface area contributed by atoms with E-state index in [0.29, 0.717) is 0 Å². The van der Waals surface area contributed by atoms with Gasteiger partial charge in [-0.3, -0.25) is 0 Å². The molecule has 0 unspecified atom stereocenters. The molecule has 2 nitrogen and oxygen atoms in total. The summed E-state index contributed by atoms with van der Waals surface area (Å²) in [5.74, 6) is 0. The normalized spacial score (nSPS) is 12.6. The average molecular weight is 345 g/mol. The van der Waals surface area contributed by atoms with Crippen LogP contribution in [-0.4, -0.2) is 13.3 Å². The first-order valence-corrected chi connectivity index (χ1v) is 9.69. The van der Waals surface area contributed by atoms with E-state index in [4.69, 9.17) is 0 Å². The molecule has 4 rings (SSSR count). The van der Waals surface area contributed by atoms with Gasteiger partial charge in [-0.25, -0.2) is 0 Å². The van der Waals surface area contributed by atoms with Gasteiger partial charge in [0, 0.05) is 16.8 Å². The van der Waals surface area contributed by atoms with E-state index in [9.17, 15) is 0 Å². The Kier molecular flexibility index (Phi) is 4.35. The van der Waals surface area contributed by atoms with Crippen LogP contribution in [0.1, 0.15) is 11.1 Å². The summed E-state index contributed by atoms with van der Waals surface area (Å²) in [7, 11) is 2.12. The topological polar surface area (TPSA) is 19.9 Å². The Morgan fingerprint density at radius 2 is 1.28 bits per heavy atom. The molecule has 124 valence electrons. The zero-order valence-electron chi connectivity index (χ0n) is 14.4. The minimum Gasteiger partial charge on any atom is -0.310 e. The van der Waals surface area contributed by atoms with E-state index in [1.54, 1.807) is 11.8 Å². The smallest absolute Gasteiger partial charge is 0.172 e. The van der Waals surface area contributed by atoms with E-state index in [-0.39, 0.29) is 0 Å². The van der Waals surface area contributed by atoms with Gasteiger partial charge in [0.1, 0.15) is 0 Å². The van der Waals surface area contributed by atoms with Crippen molar-refractivity contribution in [3.8, 4) is 0 Å². The summed E-state index contributed by atoms with van der Waals surface area (Å²) in [4.78, 5) is 2.36. The maximum Gasteiger partial charge on any atom is 0.172 e. The number of nitrogens with two attached hydrogens (primary N) is 1. The van der Waals surface area contributed by atoms with Crippen molar-refractivity contribution in [2.75, 3.05) is 18.2 Å². The van der Waals surface area contributed by atoms with Gasteiger partial charge < -0.3 is 10.2 Å². The van der Waals surface area contributed by atoms with Crippen molar-refractivity contribution in [1.29, 1.82) is 0 Å². The van der Waals surface area contributed by atoms with Crippen LogP contribution < -0.4 is 10.2 Å². The van der Waals surface area contributed by atoms with Crippen LogP contribution in [0.15, 0.2) is 83.9 Å². The van der Waals surface area contributed by atoms with Crippen molar-refractivity contribution in [1.82, 2.24) is 0 Å². The third-order valence-corrected chi connectivity index (χ3v) is 5.45. The van der Waals surface area contributed by atoms with Gasteiger partial charge in [0.2, 0.25) is 0 Å². The van der Waals surface area contributed by atoms with Crippen molar-refractivity contribution in [3.05, 3.63) is 95.0 Å². The lowest BCUT2D eigenvalue weighted by Gasteiger charge is -2.34. The molecule has 0 saturated carbocycles. The van der Waals surface area contributed by atoms with E-state index in [1.807, 2.05) is 0 Å². The largest absolute Gasteiger partial charge is 0.310 e. The molecular formula is C22H21N2S+. The Labute approximate surface area is 153 Å². The summed E-state index contributed by atoms with van der Waals surface area (Å²) >= 11 is 1.81. The number of benzene rings is 3. The van der Waals surface area contributed by atoms with E-state index in [0.717, 1.165) is 0 Å². The SMILES string of the molecule is C[NH2+]C(SC)=C1c2ccccc2N(c2ccccc2)c2ccccc21. The predicted octanol–water partition coefficient (Wildman–Crippen LogP) is 4.74. The molecule has 0 aromatic heterocycles. The molecule has 0 saturated heterocycles. The van der Waals surface area contributed by atoms with Crippen LogP contribution in [0, 0.1) is 0 Å². The second-order valence-corrected chi connectivity index (χ2v) is 6.79. The summed E-state index contributed by atoms with van der Waals surface area (Å²) in [6.07, 6.45) is 2.15. The van der Waals surface area contributed by atoms with Crippen LogP contribution in [0.25, 0.3) is 5.57 Å². The van der Waals surface area contributed by atoms with Crippen molar-refractivity contribution >= 4 is 34.4 Å². The molecule has 0 aliphatic carbocycles. The highest BCUT2D eigenvalue weighted by Crippen LogP contribution is 2.49. The first-order chi connectivity index (χ1) is 12.3. The average Bonchev–Trinajstić information content (AvgIpc) is 2.69. The van der Waals surface area contributed by atoms with Crippen molar-refractivity contribution < 1.29 is 5.32 Å². The fourth-order valence-electron chi connectivity index (χ4n) is 3.52. The van der Waals surface area contributed by atoms with Gasteiger partial charge in [0.05, 0.1) is 24.0 Å². The Hall–Kier alpha value is -2.49. The van der Waals surface area contributed by atoms with E-state index >= 15 is 0 Å². The molecule has 0 spiro atoms. The molecule has 1 heterocycles. The lowest BCUT2D eigenvalue weighted by Crippen LogP contribution is -2.76. The van der Waals surface area contributed by atoms with Crippen LogP contribution in [0.3, 0.4) is 0 Å². The fourth-order valence-corrected chi connectivity index (χ4v) is 4.18. The molecule has 3 aromatic rings. The number of hydrogen-bond acceptors (Lipinski definition) is 2. The van der Waals surface area contributed by atoms with Gasteiger partial charge in [-0.05, 0) is 30.5 Å². The summed E-state index contributed by atoms with van der Waals surface area (Å²) in [5.41, 5.74) is 7.55. The molecule has 0 bridgehead atoms. The van der Waals surface area contributed by atoms with Gasteiger partial charge in [-0.15, -0.1) is 0 Å². The van der Waals surface area contributed by atoms with Crippen molar-refractivity contribution in [2.24, 2.45) is 0 Å². The number of nitrogens with zero attached hydrogens (tertiary/aromatic N) is 1. The summed E-state index contributed by atoms with van der Waals surface area (Å²) in [6.45, 7) is 0. The van der Waals surface area contributed by atoms with Crippen molar-refractivity contribution in [3.63, 3.8) is 0 Å². The Bertz CT molecular complexity index is 876. The van der Waals surface area contributed by atoms with Crippen LogP contribution in [0.5, 0.6) is 0 Å². The maximum atomic E-state index is 2.36. The molecule has 0 radical (unpaired) electrons. The molecule has 0 atom stereocenters. The summed E-state index contributed by atoms with van der Waals surface area (Å²) in [5, 5.41) is 3.53. The van der Waals surface area contributed by atoms with Gasteiger partial charge >= 0.3 is 0 Å². The molecule has 1 aliphatic heterocycles. The van der Waals surface area contributed by atoms with E-state index < -0.39 is 0 Å². The number of quaternary nitrogens is 1. The van der Waals surface area contributed by atoms with E-state index in [1.165, 1.54) is 38.8 Å². The number of rotatable bonds is 3. The Morgan fingerprint density at radius 3 is 1.80 bits per heavy atom. The lowest BCUT2D eigenvalue weighted by molar-refractivity contribution is -0.562. The molecule has 0 amide bonds. The molecular weight excluding hydrogens is 324 g/mol. The molecule has 3 heteroatoms. The standard InChI is InChI=1S/C22H20N2S/c1-23-22(25-2)21-17-12-6-8-14-19(17)24(16-10-4-3-5-11-16)20-15-9-7-13-18(20)21/h3-15,23H,1-2H3/p+1. The number of hydrogen-bond donors (Lipinski definition) is 1. The molecule has 25 heavy (non-hydrogen) atoms. The number of anilines is 3. The molecule has 0 fully saturated rings. The van der Waals surface area contributed by atoms with Gasteiger partial charge in [-0.1, -0.05) is 66.4 Å². The van der Waals surface area contributed by atoms with Crippen LogP contribution in [0.2, 0.25) is 0 Å². The molecule has 1 aliphatic rings. The zero-order valence-corrected chi connectivity index (χ0v) is 15.3. The van der Waals surface area contributed by atoms with Crippen molar-refractivity contribution in [2.45, 2.75) is 0 Å². The third kappa shape index (κ3) is 2.66. The first-order valence-electron chi connectivity index (χ1n) is 8.46. The summed E-state index contributed by atoms with van der Waals surface area (Å²) < 4.78 is 0. The van der Waals surface area contributed by atoms with Gasteiger partial charge in [-0.2, -0.15) is 0 Å². The molecule has 2 N–H and O–H groups in total. The maximum absolute atomic E-state index is 2.36. The van der Waals surface area contributed by atoms with Crippen LogP contribution in [-0.2, 0) is 0 Å².